The van der Waals surface area contributed by atoms with E-state index >= 15 is 0 Å². The SMILES string of the molecule is CCN(CC)C(CNC(=O)c1cccc(OC)c1)c1ccccc1. The van der Waals surface area contributed by atoms with Crippen molar-refractivity contribution in [3.8, 4) is 5.75 Å². The fourth-order valence-electron chi connectivity index (χ4n) is 2.85. The Morgan fingerprint density at radius 2 is 1.79 bits per heavy atom. The van der Waals surface area contributed by atoms with E-state index in [0.717, 1.165) is 13.1 Å². The first kappa shape index (κ1) is 18.0. The lowest BCUT2D eigenvalue weighted by Crippen LogP contribution is -2.38. The van der Waals surface area contributed by atoms with E-state index < -0.39 is 0 Å². The summed E-state index contributed by atoms with van der Waals surface area (Å²) in [6.45, 7) is 6.73. The molecule has 1 N–H and O–H groups in total. The Labute approximate surface area is 144 Å². The molecule has 0 radical (unpaired) electrons. The first-order valence-electron chi connectivity index (χ1n) is 8.40. The van der Waals surface area contributed by atoms with Gasteiger partial charge in [-0.3, -0.25) is 9.69 Å². The van der Waals surface area contributed by atoms with Gasteiger partial charge in [0.05, 0.1) is 13.2 Å². The quantitative estimate of drug-likeness (QED) is 0.807. The fourth-order valence-corrected chi connectivity index (χ4v) is 2.85. The highest BCUT2D eigenvalue weighted by Crippen LogP contribution is 2.20. The summed E-state index contributed by atoms with van der Waals surface area (Å²) in [4.78, 5) is 14.8. The molecule has 0 saturated heterocycles. The van der Waals surface area contributed by atoms with E-state index in [-0.39, 0.29) is 11.9 Å². The molecule has 128 valence electrons. The van der Waals surface area contributed by atoms with Gasteiger partial charge in [-0.1, -0.05) is 50.2 Å². The van der Waals surface area contributed by atoms with Crippen LogP contribution in [0.15, 0.2) is 54.6 Å². The number of benzene rings is 2. The van der Waals surface area contributed by atoms with E-state index in [1.165, 1.54) is 5.56 Å². The van der Waals surface area contributed by atoms with Crippen LogP contribution in [0.3, 0.4) is 0 Å². The van der Waals surface area contributed by atoms with E-state index in [2.05, 4.69) is 36.2 Å². The highest BCUT2D eigenvalue weighted by atomic mass is 16.5. The van der Waals surface area contributed by atoms with Crippen molar-refractivity contribution in [2.24, 2.45) is 0 Å². The Kier molecular flexibility index (Phi) is 6.82. The first-order valence-corrected chi connectivity index (χ1v) is 8.40. The fraction of sp³-hybridized carbons (Fsp3) is 0.350. The minimum Gasteiger partial charge on any atom is -0.497 e. The van der Waals surface area contributed by atoms with E-state index in [1.54, 1.807) is 19.2 Å². The summed E-state index contributed by atoms with van der Waals surface area (Å²) >= 11 is 0. The molecule has 2 aromatic rings. The van der Waals surface area contributed by atoms with Crippen molar-refractivity contribution in [1.82, 2.24) is 10.2 Å². The number of methoxy groups -OCH3 is 1. The predicted molar refractivity (Wildman–Crippen MR) is 97.4 cm³/mol. The smallest absolute Gasteiger partial charge is 0.251 e. The van der Waals surface area contributed by atoms with Crippen LogP contribution >= 0.6 is 0 Å². The van der Waals surface area contributed by atoms with Gasteiger partial charge in [-0.05, 0) is 36.9 Å². The van der Waals surface area contributed by atoms with Gasteiger partial charge in [0.15, 0.2) is 0 Å². The molecule has 0 aliphatic heterocycles. The molecule has 0 saturated carbocycles. The third-order valence-corrected chi connectivity index (χ3v) is 4.23. The lowest BCUT2D eigenvalue weighted by Gasteiger charge is -2.30. The van der Waals surface area contributed by atoms with Gasteiger partial charge in [-0.15, -0.1) is 0 Å². The maximum atomic E-state index is 12.5. The molecule has 0 spiro atoms. The second kappa shape index (κ2) is 9.08. The average molecular weight is 326 g/mol. The number of hydrogen-bond donors (Lipinski definition) is 1. The third kappa shape index (κ3) is 4.59. The Morgan fingerprint density at radius 1 is 1.08 bits per heavy atom. The van der Waals surface area contributed by atoms with E-state index in [0.29, 0.717) is 17.9 Å². The van der Waals surface area contributed by atoms with Gasteiger partial charge in [-0.2, -0.15) is 0 Å². The predicted octanol–water partition coefficient (Wildman–Crippen LogP) is 3.51. The monoisotopic (exact) mass is 326 g/mol. The Bertz CT molecular complexity index is 639. The molecule has 2 rings (SSSR count). The van der Waals surface area contributed by atoms with Crippen molar-refractivity contribution in [3.63, 3.8) is 0 Å². The molecule has 2 aromatic carbocycles. The first-order chi connectivity index (χ1) is 11.7. The molecule has 24 heavy (non-hydrogen) atoms. The van der Waals surface area contributed by atoms with Crippen LogP contribution in [0.5, 0.6) is 5.75 Å². The van der Waals surface area contributed by atoms with Crippen molar-refractivity contribution in [1.29, 1.82) is 0 Å². The number of amides is 1. The number of ether oxygens (including phenoxy) is 1. The number of hydrogen-bond acceptors (Lipinski definition) is 3. The zero-order chi connectivity index (χ0) is 17.4. The van der Waals surface area contributed by atoms with Crippen molar-refractivity contribution < 1.29 is 9.53 Å². The molecule has 0 aliphatic carbocycles. The molecular formula is C20H26N2O2. The molecule has 0 aliphatic rings. The zero-order valence-corrected chi connectivity index (χ0v) is 14.7. The van der Waals surface area contributed by atoms with E-state index in [1.807, 2.05) is 30.3 Å². The summed E-state index contributed by atoms with van der Waals surface area (Å²) < 4.78 is 5.18. The largest absolute Gasteiger partial charge is 0.497 e. The molecule has 0 aromatic heterocycles. The Hall–Kier alpha value is -2.33. The zero-order valence-electron chi connectivity index (χ0n) is 14.7. The van der Waals surface area contributed by atoms with Gasteiger partial charge in [0.1, 0.15) is 5.75 Å². The number of likely N-dealkylation sites (N-methyl/N-ethyl adjacent to an activating group) is 1. The van der Waals surface area contributed by atoms with E-state index in [9.17, 15) is 4.79 Å². The van der Waals surface area contributed by atoms with Crippen LogP contribution in [-0.2, 0) is 0 Å². The molecular weight excluding hydrogens is 300 g/mol. The van der Waals surface area contributed by atoms with Gasteiger partial charge >= 0.3 is 0 Å². The molecule has 0 bridgehead atoms. The standard InChI is InChI=1S/C20H26N2O2/c1-4-22(5-2)19(16-10-7-6-8-11-16)15-21-20(23)17-12-9-13-18(14-17)24-3/h6-14,19H,4-5,15H2,1-3H3,(H,21,23). The summed E-state index contributed by atoms with van der Waals surface area (Å²) in [6.07, 6.45) is 0. The van der Waals surface area contributed by atoms with Crippen LogP contribution in [-0.4, -0.2) is 37.6 Å². The molecule has 1 atom stereocenters. The number of nitrogens with one attached hydrogen (secondary N) is 1. The topological polar surface area (TPSA) is 41.6 Å². The molecule has 1 unspecified atom stereocenters. The minimum absolute atomic E-state index is 0.0815. The molecule has 1 amide bonds. The minimum atomic E-state index is -0.0815. The molecule has 4 nitrogen and oxygen atoms in total. The van der Waals surface area contributed by atoms with Crippen molar-refractivity contribution in [2.45, 2.75) is 19.9 Å². The van der Waals surface area contributed by atoms with Crippen molar-refractivity contribution >= 4 is 5.91 Å². The maximum absolute atomic E-state index is 12.5. The lowest BCUT2D eigenvalue weighted by molar-refractivity contribution is 0.0934. The maximum Gasteiger partial charge on any atom is 0.251 e. The second-order valence-electron chi connectivity index (χ2n) is 5.59. The summed E-state index contributed by atoms with van der Waals surface area (Å²) in [5.41, 5.74) is 1.83. The van der Waals surface area contributed by atoms with Gasteiger partial charge in [0.2, 0.25) is 0 Å². The van der Waals surface area contributed by atoms with Crippen LogP contribution < -0.4 is 10.1 Å². The lowest BCUT2D eigenvalue weighted by atomic mass is 10.0. The van der Waals surface area contributed by atoms with Gasteiger partial charge < -0.3 is 10.1 Å². The average Bonchev–Trinajstić information content (AvgIpc) is 2.65. The van der Waals surface area contributed by atoms with Gasteiger partial charge in [0, 0.05) is 12.1 Å². The summed E-state index contributed by atoms with van der Waals surface area (Å²) in [5, 5.41) is 3.06. The summed E-state index contributed by atoms with van der Waals surface area (Å²) in [5.74, 6) is 0.605. The number of carbonyl (C=O) groups excluding carboxylic acids is 1. The molecule has 4 heteroatoms. The number of rotatable bonds is 8. The molecule has 0 fully saturated rings. The normalized spacial score (nSPS) is 12.0. The summed E-state index contributed by atoms with van der Waals surface area (Å²) in [6, 6.07) is 17.7. The van der Waals surface area contributed by atoms with Gasteiger partial charge in [0.25, 0.3) is 5.91 Å². The summed E-state index contributed by atoms with van der Waals surface area (Å²) in [7, 11) is 1.60. The van der Waals surface area contributed by atoms with Crippen molar-refractivity contribution in [3.05, 3.63) is 65.7 Å². The van der Waals surface area contributed by atoms with Crippen molar-refractivity contribution in [2.75, 3.05) is 26.7 Å². The van der Waals surface area contributed by atoms with Gasteiger partial charge in [-0.25, -0.2) is 0 Å². The van der Waals surface area contributed by atoms with Crippen LogP contribution in [0.1, 0.15) is 35.8 Å². The Morgan fingerprint density at radius 3 is 2.42 bits per heavy atom. The third-order valence-electron chi connectivity index (χ3n) is 4.23. The van der Waals surface area contributed by atoms with Crippen LogP contribution in [0.25, 0.3) is 0 Å². The van der Waals surface area contributed by atoms with Crippen LogP contribution in [0, 0.1) is 0 Å². The number of carbonyl (C=O) groups is 1. The highest BCUT2D eigenvalue weighted by molar-refractivity contribution is 5.94. The van der Waals surface area contributed by atoms with Crippen LogP contribution in [0.4, 0.5) is 0 Å². The second-order valence-corrected chi connectivity index (χ2v) is 5.59. The number of nitrogens with zero attached hydrogens (tertiary/aromatic N) is 1. The highest BCUT2D eigenvalue weighted by Gasteiger charge is 2.19. The Balaban J connectivity index is 2.10. The van der Waals surface area contributed by atoms with Crippen LogP contribution in [0.2, 0.25) is 0 Å². The molecule has 0 heterocycles. The van der Waals surface area contributed by atoms with E-state index in [4.69, 9.17) is 4.74 Å².